The normalized spacial score (nSPS) is 22.4. The zero-order valence-corrected chi connectivity index (χ0v) is 7.73. The lowest BCUT2D eigenvalue weighted by Gasteiger charge is -2.17. The average molecular weight is 188 g/mol. The fourth-order valence-corrected chi connectivity index (χ4v) is 1.47. The van der Waals surface area contributed by atoms with Gasteiger partial charge in [-0.05, 0) is 18.6 Å². The molecule has 1 unspecified atom stereocenters. The summed E-state index contributed by atoms with van der Waals surface area (Å²) < 4.78 is 0. The number of rotatable bonds is 1. The van der Waals surface area contributed by atoms with Gasteiger partial charge in [0.2, 0.25) is 0 Å². The summed E-state index contributed by atoms with van der Waals surface area (Å²) in [5.41, 5.74) is 0. The highest BCUT2D eigenvalue weighted by molar-refractivity contribution is 7.80. The number of carboxylic acids is 1. The molecule has 0 aromatic rings. The van der Waals surface area contributed by atoms with Crippen molar-refractivity contribution < 1.29 is 9.90 Å². The van der Waals surface area contributed by atoms with Gasteiger partial charge in [0, 0.05) is 20.1 Å². The quantitative estimate of drug-likeness (QED) is 0.563. The Morgan fingerprint density at radius 3 is 2.83 bits per heavy atom. The molecule has 0 aromatic heterocycles. The Labute approximate surface area is 76.5 Å². The molecular weight excluding hydrogens is 176 g/mol. The van der Waals surface area contributed by atoms with Crippen LogP contribution in [0.15, 0.2) is 0 Å². The molecule has 0 bridgehead atoms. The Balaban J connectivity index is 2.45. The van der Waals surface area contributed by atoms with Crippen LogP contribution in [-0.2, 0) is 4.79 Å². The minimum absolute atomic E-state index is 0.253. The van der Waals surface area contributed by atoms with Gasteiger partial charge in [0.15, 0.2) is 5.11 Å². The lowest BCUT2D eigenvalue weighted by Crippen LogP contribution is -2.36. The van der Waals surface area contributed by atoms with E-state index in [1.807, 2.05) is 4.90 Å². The van der Waals surface area contributed by atoms with Crippen LogP contribution in [0.5, 0.6) is 0 Å². The molecular formula is C7H12N2O2S. The highest BCUT2D eigenvalue weighted by Crippen LogP contribution is 2.15. The minimum atomic E-state index is -0.726. The number of nitrogens with zero attached hydrogens (tertiary/aromatic N) is 1. The van der Waals surface area contributed by atoms with Crippen LogP contribution in [0.4, 0.5) is 0 Å². The summed E-state index contributed by atoms with van der Waals surface area (Å²) in [6.45, 7) is 1.28. The van der Waals surface area contributed by atoms with Crippen LogP contribution in [0.2, 0.25) is 0 Å². The van der Waals surface area contributed by atoms with Gasteiger partial charge in [-0.25, -0.2) is 0 Å². The second-order valence-corrected chi connectivity index (χ2v) is 3.21. The van der Waals surface area contributed by atoms with E-state index in [1.165, 1.54) is 0 Å². The van der Waals surface area contributed by atoms with E-state index in [1.54, 1.807) is 7.05 Å². The van der Waals surface area contributed by atoms with Gasteiger partial charge in [0.25, 0.3) is 0 Å². The van der Waals surface area contributed by atoms with Gasteiger partial charge < -0.3 is 15.3 Å². The Kier molecular flexibility index (Phi) is 2.86. The molecule has 1 heterocycles. The third-order valence-electron chi connectivity index (χ3n) is 2.04. The molecule has 0 amide bonds. The Morgan fingerprint density at radius 1 is 1.75 bits per heavy atom. The smallest absolute Gasteiger partial charge is 0.308 e. The molecule has 1 rings (SSSR count). The first-order valence-corrected chi connectivity index (χ1v) is 4.25. The predicted octanol–water partition coefficient (Wildman–Crippen LogP) is -0.103. The third kappa shape index (κ3) is 1.85. The molecule has 1 aliphatic heterocycles. The van der Waals surface area contributed by atoms with E-state index >= 15 is 0 Å². The first-order valence-electron chi connectivity index (χ1n) is 3.84. The molecule has 1 saturated heterocycles. The van der Waals surface area contributed by atoms with Gasteiger partial charge >= 0.3 is 5.97 Å². The molecule has 0 aliphatic carbocycles. The van der Waals surface area contributed by atoms with Crippen molar-refractivity contribution >= 4 is 23.3 Å². The largest absolute Gasteiger partial charge is 0.481 e. The predicted molar refractivity (Wildman–Crippen MR) is 49.0 cm³/mol. The number of likely N-dealkylation sites (tertiary alicyclic amines) is 1. The second-order valence-electron chi connectivity index (χ2n) is 2.83. The van der Waals surface area contributed by atoms with Crippen molar-refractivity contribution in [2.45, 2.75) is 6.42 Å². The fraction of sp³-hybridized carbons (Fsp3) is 0.714. The minimum Gasteiger partial charge on any atom is -0.481 e. The van der Waals surface area contributed by atoms with Crippen molar-refractivity contribution in [1.29, 1.82) is 0 Å². The Bertz CT molecular complexity index is 208. The summed E-state index contributed by atoms with van der Waals surface area (Å²) in [6.07, 6.45) is 0.692. The van der Waals surface area contributed by atoms with E-state index in [0.29, 0.717) is 18.1 Å². The molecule has 1 aliphatic rings. The molecule has 0 radical (unpaired) electrons. The van der Waals surface area contributed by atoms with Crippen molar-refractivity contribution in [1.82, 2.24) is 10.2 Å². The summed E-state index contributed by atoms with van der Waals surface area (Å²) in [4.78, 5) is 12.5. The first-order chi connectivity index (χ1) is 5.65. The number of aliphatic carboxylic acids is 1. The number of nitrogens with one attached hydrogen (secondary N) is 1. The van der Waals surface area contributed by atoms with Gasteiger partial charge in [-0.3, -0.25) is 4.79 Å². The summed E-state index contributed by atoms with van der Waals surface area (Å²) in [7, 11) is 1.75. The van der Waals surface area contributed by atoms with Gasteiger partial charge in [-0.1, -0.05) is 0 Å². The van der Waals surface area contributed by atoms with Gasteiger partial charge in [0.05, 0.1) is 5.92 Å². The van der Waals surface area contributed by atoms with E-state index in [4.69, 9.17) is 17.3 Å². The topological polar surface area (TPSA) is 52.6 Å². The van der Waals surface area contributed by atoms with Crippen molar-refractivity contribution in [3.05, 3.63) is 0 Å². The maximum Gasteiger partial charge on any atom is 0.308 e. The van der Waals surface area contributed by atoms with Gasteiger partial charge in [0.1, 0.15) is 0 Å². The third-order valence-corrected chi connectivity index (χ3v) is 2.50. The Hall–Kier alpha value is -0.840. The van der Waals surface area contributed by atoms with Crippen LogP contribution in [0, 0.1) is 5.92 Å². The number of carboxylic acid groups (broad SMARTS) is 1. The van der Waals surface area contributed by atoms with Gasteiger partial charge in [-0.2, -0.15) is 0 Å². The fourth-order valence-electron chi connectivity index (χ4n) is 1.30. The molecule has 4 nitrogen and oxygen atoms in total. The van der Waals surface area contributed by atoms with Crippen LogP contribution in [0.1, 0.15) is 6.42 Å². The van der Waals surface area contributed by atoms with E-state index in [9.17, 15) is 4.79 Å². The van der Waals surface area contributed by atoms with Crippen LogP contribution in [0.25, 0.3) is 0 Å². The number of thiocarbonyl (C=S) groups is 1. The van der Waals surface area contributed by atoms with Crippen molar-refractivity contribution in [2.24, 2.45) is 5.92 Å². The van der Waals surface area contributed by atoms with Crippen molar-refractivity contribution in [3.63, 3.8) is 0 Å². The average Bonchev–Trinajstić information content (AvgIpc) is 2.51. The number of hydrogen-bond acceptors (Lipinski definition) is 2. The van der Waals surface area contributed by atoms with Crippen LogP contribution in [-0.4, -0.2) is 41.2 Å². The maximum absolute atomic E-state index is 10.6. The standard InChI is InChI=1S/C7H12N2O2S/c1-8-7(12)9-3-2-5(4-9)6(10)11/h5H,2-4H2,1H3,(H,8,12)(H,10,11). The van der Waals surface area contributed by atoms with Crippen LogP contribution >= 0.6 is 12.2 Å². The van der Waals surface area contributed by atoms with Crippen molar-refractivity contribution in [3.8, 4) is 0 Å². The summed E-state index contributed by atoms with van der Waals surface area (Å²) >= 11 is 4.98. The summed E-state index contributed by atoms with van der Waals surface area (Å²) in [6, 6.07) is 0. The first kappa shape index (κ1) is 9.25. The summed E-state index contributed by atoms with van der Waals surface area (Å²) in [5, 5.41) is 12.2. The Morgan fingerprint density at radius 2 is 2.42 bits per heavy atom. The maximum atomic E-state index is 10.6. The van der Waals surface area contributed by atoms with Crippen molar-refractivity contribution in [2.75, 3.05) is 20.1 Å². The van der Waals surface area contributed by atoms with E-state index in [2.05, 4.69) is 5.32 Å². The zero-order chi connectivity index (χ0) is 9.14. The summed E-state index contributed by atoms with van der Waals surface area (Å²) in [5.74, 6) is -0.979. The SMILES string of the molecule is CNC(=S)N1CCC(C(=O)O)C1. The highest BCUT2D eigenvalue weighted by atomic mass is 32.1. The molecule has 5 heteroatoms. The van der Waals surface area contributed by atoms with E-state index in [0.717, 1.165) is 6.54 Å². The number of carbonyl (C=O) groups is 1. The van der Waals surface area contributed by atoms with Gasteiger partial charge in [-0.15, -0.1) is 0 Å². The van der Waals surface area contributed by atoms with E-state index < -0.39 is 5.97 Å². The van der Waals surface area contributed by atoms with Crippen LogP contribution in [0.3, 0.4) is 0 Å². The lowest BCUT2D eigenvalue weighted by atomic mass is 10.1. The van der Waals surface area contributed by atoms with E-state index in [-0.39, 0.29) is 5.92 Å². The molecule has 12 heavy (non-hydrogen) atoms. The molecule has 68 valence electrons. The molecule has 0 aromatic carbocycles. The molecule has 0 spiro atoms. The monoisotopic (exact) mass is 188 g/mol. The molecule has 2 N–H and O–H groups in total. The number of hydrogen-bond donors (Lipinski definition) is 2. The lowest BCUT2D eigenvalue weighted by molar-refractivity contribution is -0.141. The second kappa shape index (κ2) is 3.71. The zero-order valence-electron chi connectivity index (χ0n) is 6.91. The molecule has 0 saturated carbocycles. The molecule has 1 atom stereocenters. The molecule has 1 fully saturated rings. The highest BCUT2D eigenvalue weighted by Gasteiger charge is 2.28. The van der Waals surface area contributed by atoms with Crippen LogP contribution < -0.4 is 5.32 Å².